The molecule has 0 aliphatic carbocycles. The van der Waals surface area contributed by atoms with Crippen molar-refractivity contribution in [2.45, 2.75) is 25.8 Å². The molecule has 0 radical (unpaired) electrons. The van der Waals surface area contributed by atoms with E-state index >= 15 is 0 Å². The SMILES string of the molecule is Cc1cc(-c2cnc(Nc3cnn(C4CCN(CCN5CCN(c6ccc(-n7cc(F)c(=O)[nH]c7=O)cc6)CC5)CC4)c3)c3nccn23)c(F)cc1F. The first-order valence-corrected chi connectivity index (χ1v) is 17.6. The summed E-state index contributed by atoms with van der Waals surface area (Å²) in [7, 11) is 0. The minimum absolute atomic E-state index is 0.249. The average Bonchev–Trinajstić information content (AvgIpc) is 3.86. The maximum Gasteiger partial charge on any atom is 0.333 e. The summed E-state index contributed by atoms with van der Waals surface area (Å²) in [5.41, 5.74) is 2.16. The highest BCUT2D eigenvalue weighted by Gasteiger charge is 2.24. The van der Waals surface area contributed by atoms with E-state index < -0.39 is 28.7 Å². The summed E-state index contributed by atoms with van der Waals surface area (Å²) in [6.45, 7) is 9.20. The molecule has 0 atom stereocenters. The molecule has 2 aromatic carbocycles. The van der Waals surface area contributed by atoms with Crippen molar-refractivity contribution < 1.29 is 13.2 Å². The number of likely N-dealkylation sites (tertiary alicyclic amines) is 1. The van der Waals surface area contributed by atoms with Gasteiger partial charge < -0.3 is 15.1 Å². The quantitative estimate of drug-likeness (QED) is 0.224. The summed E-state index contributed by atoms with van der Waals surface area (Å²) in [4.78, 5) is 41.7. The number of rotatable bonds is 9. The molecule has 2 fully saturated rings. The molecule has 2 aliphatic rings. The molecule has 0 unspecified atom stereocenters. The Morgan fingerprint density at radius 3 is 2.30 bits per heavy atom. The van der Waals surface area contributed by atoms with Crippen LogP contribution in [0.25, 0.3) is 22.6 Å². The Morgan fingerprint density at radius 1 is 0.830 bits per heavy atom. The van der Waals surface area contributed by atoms with Crippen LogP contribution in [0.15, 0.2) is 83.2 Å². The minimum Gasteiger partial charge on any atom is -0.369 e. The highest BCUT2D eigenvalue weighted by molar-refractivity contribution is 5.74. The number of anilines is 3. The van der Waals surface area contributed by atoms with Gasteiger partial charge in [0.15, 0.2) is 11.5 Å². The largest absolute Gasteiger partial charge is 0.369 e. The van der Waals surface area contributed by atoms with Gasteiger partial charge in [-0.3, -0.25) is 28.3 Å². The Balaban J connectivity index is 0.807. The number of imidazole rings is 1. The summed E-state index contributed by atoms with van der Waals surface area (Å²) in [5, 5.41) is 7.96. The first-order valence-electron chi connectivity index (χ1n) is 17.6. The van der Waals surface area contributed by atoms with E-state index in [2.05, 4.69) is 35.1 Å². The number of aromatic nitrogens is 7. The van der Waals surface area contributed by atoms with Crippen LogP contribution in [-0.2, 0) is 0 Å². The maximum atomic E-state index is 14.7. The normalized spacial score (nSPS) is 16.1. The van der Waals surface area contributed by atoms with E-state index in [1.165, 1.54) is 6.07 Å². The Morgan fingerprint density at radius 2 is 1.55 bits per heavy atom. The number of aryl methyl sites for hydroxylation is 1. The molecule has 53 heavy (non-hydrogen) atoms. The molecule has 2 aliphatic heterocycles. The van der Waals surface area contributed by atoms with E-state index in [-0.39, 0.29) is 11.6 Å². The van der Waals surface area contributed by atoms with E-state index in [4.69, 9.17) is 0 Å². The first-order chi connectivity index (χ1) is 25.7. The fourth-order valence-electron chi connectivity index (χ4n) is 7.18. The summed E-state index contributed by atoms with van der Waals surface area (Å²) in [5.74, 6) is -1.76. The summed E-state index contributed by atoms with van der Waals surface area (Å²) in [6, 6.07) is 9.98. The number of piperazine rings is 1. The molecule has 274 valence electrons. The predicted octanol–water partition coefficient (Wildman–Crippen LogP) is 4.36. The van der Waals surface area contributed by atoms with Crippen molar-refractivity contribution in [2.75, 3.05) is 62.6 Å². The van der Waals surface area contributed by atoms with Crippen molar-refractivity contribution in [3.05, 3.63) is 117 Å². The zero-order chi connectivity index (χ0) is 36.6. The lowest BCUT2D eigenvalue weighted by atomic mass is 10.1. The van der Waals surface area contributed by atoms with Crippen LogP contribution in [-0.4, -0.2) is 95.9 Å². The second-order valence-electron chi connectivity index (χ2n) is 13.6. The fraction of sp³-hybridized carbons (Fsp3) is 0.324. The number of hydrogen-bond acceptors (Lipinski definition) is 9. The van der Waals surface area contributed by atoms with Crippen molar-refractivity contribution in [1.82, 2.24) is 43.5 Å². The van der Waals surface area contributed by atoms with Gasteiger partial charge in [0.1, 0.15) is 11.6 Å². The lowest BCUT2D eigenvalue weighted by Crippen LogP contribution is -2.49. The molecule has 0 saturated carbocycles. The van der Waals surface area contributed by atoms with Crippen LogP contribution < -0.4 is 21.5 Å². The van der Waals surface area contributed by atoms with Gasteiger partial charge in [-0.1, -0.05) is 0 Å². The molecule has 0 spiro atoms. The molecular formula is C37H38F3N11O2. The second kappa shape index (κ2) is 14.4. The molecule has 6 heterocycles. The van der Waals surface area contributed by atoms with Crippen LogP contribution in [0.2, 0.25) is 0 Å². The maximum absolute atomic E-state index is 14.7. The van der Waals surface area contributed by atoms with E-state index in [1.807, 2.05) is 28.0 Å². The molecule has 4 aromatic heterocycles. The van der Waals surface area contributed by atoms with Gasteiger partial charge >= 0.3 is 5.69 Å². The topological polar surface area (TPSA) is 125 Å². The zero-order valence-corrected chi connectivity index (χ0v) is 29.1. The second-order valence-corrected chi connectivity index (χ2v) is 13.6. The zero-order valence-electron chi connectivity index (χ0n) is 29.1. The molecule has 0 amide bonds. The molecule has 2 N–H and O–H groups in total. The van der Waals surface area contributed by atoms with Crippen LogP contribution in [0.3, 0.4) is 0 Å². The number of benzene rings is 2. The Labute approximate surface area is 301 Å². The van der Waals surface area contributed by atoms with Crippen LogP contribution in [0, 0.1) is 24.4 Å². The van der Waals surface area contributed by atoms with Crippen LogP contribution >= 0.6 is 0 Å². The third kappa shape index (κ3) is 7.06. The van der Waals surface area contributed by atoms with E-state index in [0.29, 0.717) is 28.4 Å². The predicted molar refractivity (Wildman–Crippen MR) is 195 cm³/mol. The fourth-order valence-corrected chi connectivity index (χ4v) is 7.18. The first kappa shape index (κ1) is 34.4. The van der Waals surface area contributed by atoms with Crippen molar-refractivity contribution in [3.8, 4) is 16.9 Å². The smallest absolute Gasteiger partial charge is 0.333 e. The highest BCUT2D eigenvalue weighted by atomic mass is 19.1. The van der Waals surface area contributed by atoms with Gasteiger partial charge in [-0.15, -0.1) is 0 Å². The van der Waals surface area contributed by atoms with Crippen LogP contribution in [0.4, 0.5) is 30.4 Å². The minimum atomic E-state index is -1.03. The van der Waals surface area contributed by atoms with E-state index in [1.54, 1.807) is 48.2 Å². The third-order valence-electron chi connectivity index (χ3n) is 10.2. The lowest BCUT2D eigenvalue weighted by Gasteiger charge is -2.38. The molecule has 0 bridgehead atoms. The Hall–Kier alpha value is -5.74. The molecule has 16 heteroatoms. The number of nitrogens with zero attached hydrogens (tertiary/aromatic N) is 9. The Kier molecular flexibility index (Phi) is 9.30. The van der Waals surface area contributed by atoms with Crippen LogP contribution in [0.5, 0.6) is 0 Å². The van der Waals surface area contributed by atoms with Gasteiger partial charge in [-0.25, -0.2) is 23.5 Å². The monoisotopic (exact) mass is 725 g/mol. The summed E-state index contributed by atoms with van der Waals surface area (Å²) < 4.78 is 47.2. The number of aromatic amines is 1. The molecule has 6 aromatic rings. The average molecular weight is 726 g/mol. The van der Waals surface area contributed by atoms with Crippen molar-refractivity contribution in [3.63, 3.8) is 0 Å². The van der Waals surface area contributed by atoms with Gasteiger partial charge in [0.25, 0.3) is 5.56 Å². The number of nitrogens with one attached hydrogen (secondary N) is 2. The van der Waals surface area contributed by atoms with Gasteiger partial charge in [0, 0.05) is 88.3 Å². The molecular weight excluding hydrogens is 687 g/mol. The lowest BCUT2D eigenvalue weighted by molar-refractivity contribution is 0.150. The van der Waals surface area contributed by atoms with Crippen LogP contribution in [0.1, 0.15) is 24.4 Å². The number of halogens is 3. The van der Waals surface area contributed by atoms with Crippen molar-refractivity contribution in [1.29, 1.82) is 0 Å². The molecule has 13 nitrogen and oxygen atoms in total. The van der Waals surface area contributed by atoms with E-state index in [9.17, 15) is 22.8 Å². The van der Waals surface area contributed by atoms with Gasteiger partial charge in [0.05, 0.1) is 41.7 Å². The number of piperidine rings is 1. The Bertz CT molecular complexity index is 2370. The number of hydrogen-bond donors (Lipinski definition) is 2. The number of fused-ring (bicyclic) bond motifs is 1. The molecule has 8 rings (SSSR count). The molecule has 2 saturated heterocycles. The standard InChI is InChI=1S/C37H38F3N11O2/c1-24-18-29(31(39)19-30(24)38)33-21-42-34(35-41-8-11-49(33)35)44-25-20-43-51(22-25)28-6-9-46(10-7-28)12-13-47-14-16-48(17-15-47)26-2-4-27(5-3-26)50-23-32(40)36(52)45-37(50)53/h2-5,8,11,18-23,28H,6-7,9-10,12-17H2,1H3,(H,42,44)(H,45,52,53). The van der Waals surface area contributed by atoms with E-state index in [0.717, 1.165) is 93.4 Å². The number of H-pyrrole nitrogens is 1. The van der Waals surface area contributed by atoms with Gasteiger partial charge in [-0.05, 0) is 55.7 Å². The van der Waals surface area contributed by atoms with Gasteiger partial charge in [0.2, 0.25) is 5.82 Å². The highest BCUT2D eigenvalue weighted by Crippen LogP contribution is 2.30. The van der Waals surface area contributed by atoms with Crippen molar-refractivity contribution >= 4 is 22.8 Å². The van der Waals surface area contributed by atoms with Crippen molar-refractivity contribution in [2.24, 2.45) is 0 Å². The summed E-state index contributed by atoms with van der Waals surface area (Å²) in [6.07, 6.45) is 11.5. The summed E-state index contributed by atoms with van der Waals surface area (Å²) >= 11 is 0. The van der Waals surface area contributed by atoms with Gasteiger partial charge in [-0.2, -0.15) is 9.49 Å². The third-order valence-corrected chi connectivity index (χ3v) is 10.2.